The number of carbonyl (C=O) groups excluding carboxylic acids is 1. The van der Waals surface area contributed by atoms with Gasteiger partial charge >= 0.3 is 0 Å². The van der Waals surface area contributed by atoms with Crippen LogP contribution in [0.3, 0.4) is 0 Å². The molecule has 0 amide bonds. The number of ketones is 1. The number of pyridine rings is 1. The maximum Gasteiger partial charge on any atom is 0.173 e. The van der Waals surface area contributed by atoms with Crippen LogP contribution in [0.25, 0.3) is 0 Å². The topological polar surface area (TPSA) is 51.7 Å². The van der Waals surface area contributed by atoms with Gasteiger partial charge in [-0.05, 0) is 32.0 Å². The van der Waals surface area contributed by atoms with Gasteiger partial charge in [-0.25, -0.2) is 4.98 Å². The SMILES string of the molecule is O=C(COc1ccnc(Cl)c1)C1CCN(C2COC2)CC1. The largest absolute Gasteiger partial charge is 0.486 e. The molecule has 0 aromatic carbocycles. The zero-order valence-electron chi connectivity index (χ0n) is 11.8. The van der Waals surface area contributed by atoms with Crippen molar-refractivity contribution < 1.29 is 14.3 Å². The molecule has 2 aliphatic heterocycles. The van der Waals surface area contributed by atoms with Crippen molar-refractivity contribution in [2.24, 2.45) is 5.92 Å². The average molecular weight is 311 g/mol. The maximum atomic E-state index is 12.2. The molecule has 0 spiro atoms. The predicted molar refractivity (Wildman–Crippen MR) is 78.7 cm³/mol. The van der Waals surface area contributed by atoms with Crippen molar-refractivity contribution in [3.05, 3.63) is 23.5 Å². The lowest BCUT2D eigenvalue weighted by atomic mass is 9.92. The number of rotatable bonds is 5. The van der Waals surface area contributed by atoms with Crippen LogP contribution in [0, 0.1) is 5.92 Å². The van der Waals surface area contributed by atoms with Gasteiger partial charge in [0, 0.05) is 18.2 Å². The van der Waals surface area contributed by atoms with Crippen molar-refractivity contribution in [2.75, 3.05) is 32.9 Å². The third-order valence-electron chi connectivity index (χ3n) is 4.20. The van der Waals surface area contributed by atoms with Crippen LogP contribution in [0.5, 0.6) is 5.75 Å². The molecule has 2 aliphatic rings. The number of nitrogens with zero attached hydrogens (tertiary/aromatic N) is 2. The fraction of sp³-hybridized carbons (Fsp3) is 0.600. The summed E-state index contributed by atoms with van der Waals surface area (Å²) in [5, 5.41) is 0.371. The Morgan fingerprint density at radius 3 is 2.81 bits per heavy atom. The molecule has 0 aliphatic carbocycles. The second-order valence-electron chi connectivity index (χ2n) is 5.57. The molecule has 1 aromatic rings. The Morgan fingerprint density at radius 2 is 2.19 bits per heavy atom. The van der Waals surface area contributed by atoms with E-state index >= 15 is 0 Å². The Morgan fingerprint density at radius 1 is 1.43 bits per heavy atom. The molecule has 114 valence electrons. The Balaban J connectivity index is 1.43. The molecule has 0 radical (unpaired) electrons. The van der Waals surface area contributed by atoms with E-state index in [9.17, 15) is 4.79 Å². The molecule has 3 rings (SSSR count). The van der Waals surface area contributed by atoms with Gasteiger partial charge in [0.2, 0.25) is 0 Å². The Hall–Kier alpha value is -1.17. The second kappa shape index (κ2) is 6.73. The Labute approximate surface area is 129 Å². The first-order valence-corrected chi connectivity index (χ1v) is 7.69. The van der Waals surface area contributed by atoms with Crippen LogP contribution in [-0.4, -0.2) is 54.6 Å². The molecule has 2 fully saturated rings. The summed E-state index contributed by atoms with van der Waals surface area (Å²) in [4.78, 5) is 18.5. The maximum absolute atomic E-state index is 12.2. The third kappa shape index (κ3) is 3.73. The van der Waals surface area contributed by atoms with Gasteiger partial charge in [-0.3, -0.25) is 9.69 Å². The van der Waals surface area contributed by atoms with Gasteiger partial charge in [-0.1, -0.05) is 11.6 Å². The highest BCUT2D eigenvalue weighted by Gasteiger charge is 2.31. The zero-order valence-corrected chi connectivity index (χ0v) is 12.6. The first-order chi connectivity index (χ1) is 10.2. The number of ether oxygens (including phenoxy) is 2. The third-order valence-corrected chi connectivity index (χ3v) is 4.41. The molecule has 0 N–H and O–H groups in total. The van der Waals surface area contributed by atoms with Crippen molar-refractivity contribution in [3.63, 3.8) is 0 Å². The quantitative estimate of drug-likeness (QED) is 0.776. The number of hydrogen-bond donors (Lipinski definition) is 0. The molecular weight excluding hydrogens is 292 g/mol. The summed E-state index contributed by atoms with van der Waals surface area (Å²) in [6, 6.07) is 3.89. The van der Waals surface area contributed by atoms with E-state index in [4.69, 9.17) is 21.1 Å². The molecule has 2 saturated heterocycles. The first kappa shape index (κ1) is 14.8. The monoisotopic (exact) mass is 310 g/mol. The summed E-state index contributed by atoms with van der Waals surface area (Å²) in [5.41, 5.74) is 0. The first-order valence-electron chi connectivity index (χ1n) is 7.31. The number of hydrogen-bond acceptors (Lipinski definition) is 5. The van der Waals surface area contributed by atoms with Crippen LogP contribution >= 0.6 is 11.6 Å². The standard InChI is InChI=1S/C15H19ClN2O3/c16-15-7-13(1-4-17-15)21-10-14(19)11-2-5-18(6-3-11)12-8-20-9-12/h1,4,7,11-12H,2-3,5-6,8-10H2. The fourth-order valence-electron chi connectivity index (χ4n) is 2.77. The van der Waals surface area contributed by atoms with Crippen LogP contribution in [0.4, 0.5) is 0 Å². The van der Waals surface area contributed by atoms with Crippen LogP contribution < -0.4 is 4.74 Å². The summed E-state index contributed by atoms with van der Waals surface area (Å²) in [6.45, 7) is 3.74. The summed E-state index contributed by atoms with van der Waals surface area (Å²) < 4.78 is 10.7. The lowest BCUT2D eigenvalue weighted by Crippen LogP contribution is -2.52. The van der Waals surface area contributed by atoms with Crippen LogP contribution in [0.1, 0.15) is 12.8 Å². The molecule has 0 unspecified atom stereocenters. The highest BCUT2D eigenvalue weighted by Crippen LogP contribution is 2.23. The van der Waals surface area contributed by atoms with E-state index in [1.807, 2.05) is 0 Å². The average Bonchev–Trinajstić information content (AvgIpc) is 2.44. The van der Waals surface area contributed by atoms with Crippen LogP contribution in [0.15, 0.2) is 18.3 Å². The van der Waals surface area contributed by atoms with E-state index < -0.39 is 0 Å². The molecule has 1 aromatic heterocycles. The van der Waals surface area contributed by atoms with Gasteiger partial charge in [0.15, 0.2) is 5.78 Å². The lowest BCUT2D eigenvalue weighted by Gasteiger charge is -2.41. The minimum Gasteiger partial charge on any atom is -0.486 e. The molecule has 5 nitrogen and oxygen atoms in total. The molecule has 21 heavy (non-hydrogen) atoms. The van der Waals surface area contributed by atoms with E-state index in [-0.39, 0.29) is 18.3 Å². The van der Waals surface area contributed by atoms with Gasteiger partial charge in [-0.15, -0.1) is 0 Å². The van der Waals surface area contributed by atoms with Crippen molar-refractivity contribution in [1.82, 2.24) is 9.88 Å². The molecule has 0 atom stereocenters. The molecule has 0 saturated carbocycles. The number of likely N-dealkylation sites (tertiary alicyclic amines) is 1. The molecule has 0 bridgehead atoms. The van der Waals surface area contributed by atoms with E-state index in [2.05, 4.69) is 9.88 Å². The molecular formula is C15H19ClN2O3. The van der Waals surface area contributed by atoms with Crippen molar-refractivity contribution >= 4 is 17.4 Å². The number of Topliss-reactive ketones (excluding diaryl/α,β-unsaturated/α-hetero) is 1. The van der Waals surface area contributed by atoms with Gasteiger partial charge in [0.25, 0.3) is 0 Å². The number of piperidine rings is 1. The minimum atomic E-state index is 0.109. The number of halogens is 1. The summed E-state index contributed by atoms with van der Waals surface area (Å²) in [6.07, 6.45) is 3.40. The summed E-state index contributed by atoms with van der Waals surface area (Å²) in [7, 11) is 0. The lowest BCUT2D eigenvalue weighted by molar-refractivity contribution is -0.128. The normalized spacial score (nSPS) is 21.0. The van der Waals surface area contributed by atoms with Crippen molar-refractivity contribution in [1.29, 1.82) is 0 Å². The predicted octanol–water partition coefficient (Wildman–Crippen LogP) is 1.79. The Kier molecular flexibility index (Phi) is 4.73. The van der Waals surface area contributed by atoms with Crippen LogP contribution in [-0.2, 0) is 9.53 Å². The van der Waals surface area contributed by atoms with Gasteiger partial charge in [0.1, 0.15) is 17.5 Å². The summed E-state index contributed by atoms with van der Waals surface area (Å²) in [5.74, 6) is 0.874. The summed E-state index contributed by atoms with van der Waals surface area (Å²) >= 11 is 5.78. The highest BCUT2D eigenvalue weighted by atomic mass is 35.5. The van der Waals surface area contributed by atoms with E-state index in [0.717, 1.165) is 39.1 Å². The highest BCUT2D eigenvalue weighted by molar-refractivity contribution is 6.29. The van der Waals surface area contributed by atoms with Gasteiger partial charge in [-0.2, -0.15) is 0 Å². The Bertz CT molecular complexity index is 499. The van der Waals surface area contributed by atoms with E-state index in [0.29, 0.717) is 16.9 Å². The minimum absolute atomic E-state index is 0.109. The molecule has 3 heterocycles. The van der Waals surface area contributed by atoms with Gasteiger partial charge in [0.05, 0.1) is 19.3 Å². The van der Waals surface area contributed by atoms with E-state index in [1.54, 1.807) is 18.3 Å². The number of aromatic nitrogens is 1. The smallest absolute Gasteiger partial charge is 0.173 e. The molecule has 6 heteroatoms. The van der Waals surface area contributed by atoms with E-state index in [1.165, 1.54) is 0 Å². The number of carbonyl (C=O) groups is 1. The fourth-order valence-corrected chi connectivity index (χ4v) is 2.93. The van der Waals surface area contributed by atoms with Crippen molar-refractivity contribution in [3.8, 4) is 5.75 Å². The van der Waals surface area contributed by atoms with Crippen molar-refractivity contribution in [2.45, 2.75) is 18.9 Å². The van der Waals surface area contributed by atoms with Crippen LogP contribution in [0.2, 0.25) is 5.15 Å². The van der Waals surface area contributed by atoms with Gasteiger partial charge < -0.3 is 9.47 Å². The second-order valence-corrected chi connectivity index (χ2v) is 5.96. The zero-order chi connectivity index (χ0) is 14.7.